The molecular formula is C8H9IS. The maximum Gasteiger partial charge on any atom is 0.0133 e. The average molecular weight is 264 g/mol. The van der Waals surface area contributed by atoms with Crippen molar-refractivity contribution >= 4 is 35.2 Å². The molecule has 10 heavy (non-hydrogen) atoms. The van der Waals surface area contributed by atoms with E-state index in [9.17, 15) is 0 Å². The van der Waals surface area contributed by atoms with Crippen molar-refractivity contribution in [1.82, 2.24) is 0 Å². The number of aryl methyl sites for hydroxylation is 1. The molecule has 0 aliphatic carbocycles. The van der Waals surface area contributed by atoms with Gasteiger partial charge in [-0.2, -0.15) is 0 Å². The third kappa shape index (κ3) is 1.89. The summed E-state index contributed by atoms with van der Waals surface area (Å²) in [4.78, 5) is 1.10. The molecule has 0 unspecified atom stereocenters. The van der Waals surface area contributed by atoms with E-state index >= 15 is 0 Å². The molecule has 1 aromatic carbocycles. The lowest BCUT2D eigenvalue weighted by molar-refractivity contribution is 1.08. The fraction of sp³-hybridized carbons (Fsp3) is 0.250. The second-order valence-electron chi connectivity index (χ2n) is 2.13. The maximum absolute atomic E-state index is 4.32. The molecular weight excluding hydrogens is 255 g/mol. The van der Waals surface area contributed by atoms with Gasteiger partial charge in [0.15, 0.2) is 0 Å². The van der Waals surface area contributed by atoms with Gasteiger partial charge in [-0.1, -0.05) is 6.92 Å². The Morgan fingerprint density at radius 2 is 2.20 bits per heavy atom. The van der Waals surface area contributed by atoms with E-state index in [1.165, 1.54) is 9.13 Å². The number of hydrogen-bond donors (Lipinski definition) is 1. The summed E-state index contributed by atoms with van der Waals surface area (Å²) < 4.78 is 1.28. The lowest BCUT2D eigenvalue weighted by atomic mass is 10.2. The number of rotatable bonds is 1. The van der Waals surface area contributed by atoms with Gasteiger partial charge in [-0.15, -0.1) is 12.6 Å². The highest BCUT2D eigenvalue weighted by Crippen LogP contribution is 2.17. The lowest BCUT2D eigenvalue weighted by Gasteiger charge is -2.00. The molecule has 0 aliphatic rings. The van der Waals surface area contributed by atoms with E-state index in [0.29, 0.717) is 0 Å². The first-order valence-electron chi connectivity index (χ1n) is 3.21. The zero-order valence-electron chi connectivity index (χ0n) is 5.76. The predicted octanol–water partition coefficient (Wildman–Crippen LogP) is 3.14. The standard InChI is InChI=1S/C8H9IS/c1-2-6-5-7(9)3-4-8(6)10/h3-5,10H,2H2,1H3. The highest BCUT2D eigenvalue weighted by atomic mass is 127. The van der Waals surface area contributed by atoms with Gasteiger partial charge in [0.25, 0.3) is 0 Å². The van der Waals surface area contributed by atoms with Gasteiger partial charge < -0.3 is 0 Å². The van der Waals surface area contributed by atoms with E-state index in [-0.39, 0.29) is 0 Å². The number of thiol groups is 1. The van der Waals surface area contributed by atoms with Crippen molar-refractivity contribution in [2.24, 2.45) is 0 Å². The van der Waals surface area contributed by atoms with Crippen molar-refractivity contribution in [1.29, 1.82) is 0 Å². The molecule has 0 heterocycles. The van der Waals surface area contributed by atoms with Crippen molar-refractivity contribution < 1.29 is 0 Å². The van der Waals surface area contributed by atoms with Gasteiger partial charge in [0.05, 0.1) is 0 Å². The Morgan fingerprint density at radius 3 is 2.70 bits per heavy atom. The molecule has 0 aliphatic heterocycles. The fourth-order valence-electron chi connectivity index (χ4n) is 0.837. The Labute approximate surface area is 80.6 Å². The van der Waals surface area contributed by atoms with Gasteiger partial charge in [0.1, 0.15) is 0 Å². The van der Waals surface area contributed by atoms with E-state index in [4.69, 9.17) is 0 Å². The Hall–Kier alpha value is 0.300. The van der Waals surface area contributed by atoms with E-state index < -0.39 is 0 Å². The minimum atomic E-state index is 1.07. The topological polar surface area (TPSA) is 0 Å². The summed E-state index contributed by atoms with van der Waals surface area (Å²) in [5.41, 5.74) is 1.33. The average Bonchev–Trinajstić information content (AvgIpc) is 1.94. The Morgan fingerprint density at radius 1 is 1.50 bits per heavy atom. The van der Waals surface area contributed by atoms with Crippen LogP contribution >= 0.6 is 35.2 Å². The second-order valence-corrected chi connectivity index (χ2v) is 3.85. The van der Waals surface area contributed by atoms with Crippen LogP contribution < -0.4 is 0 Å². The van der Waals surface area contributed by atoms with Crippen LogP contribution in [-0.2, 0) is 6.42 Å². The first kappa shape index (κ1) is 8.40. The molecule has 1 rings (SSSR count). The molecule has 0 atom stereocenters. The maximum atomic E-state index is 4.32. The molecule has 2 heteroatoms. The molecule has 0 N–H and O–H groups in total. The van der Waals surface area contributed by atoms with Crippen LogP contribution in [0.25, 0.3) is 0 Å². The molecule has 0 bridgehead atoms. The van der Waals surface area contributed by atoms with Crippen molar-refractivity contribution in [2.45, 2.75) is 18.2 Å². The van der Waals surface area contributed by atoms with Gasteiger partial charge in [0, 0.05) is 8.47 Å². The number of benzene rings is 1. The highest BCUT2D eigenvalue weighted by molar-refractivity contribution is 14.1. The van der Waals surface area contributed by atoms with Gasteiger partial charge >= 0.3 is 0 Å². The van der Waals surface area contributed by atoms with E-state index in [1.807, 2.05) is 6.07 Å². The zero-order valence-corrected chi connectivity index (χ0v) is 8.82. The van der Waals surface area contributed by atoms with E-state index in [1.54, 1.807) is 0 Å². The monoisotopic (exact) mass is 264 g/mol. The number of hydrogen-bond acceptors (Lipinski definition) is 1. The van der Waals surface area contributed by atoms with Crippen LogP contribution in [-0.4, -0.2) is 0 Å². The van der Waals surface area contributed by atoms with Crippen LogP contribution in [0.3, 0.4) is 0 Å². The number of halogens is 1. The van der Waals surface area contributed by atoms with Gasteiger partial charge in [0.2, 0.25) is 0 Å². The van der Waals surface area contributed by atoms with Crippen LogP contribution in [0.4, 0.5) is 0 Å². The van der Waals surface area contributed by atoms with Gasteiger partial charge in [-0.3, -0.25) is 0 Å². The molecule has 0 saturated heterocycles. The summed E-state index contributed by atoms with van der Waals surface area (Å²) in [7, 11) is 0. The van der Waals surface area contributed by atoms with Crippen LogP contribution in [0.15, 0.2) is 23.1 Å². The summed E-state index contributed by atoms with van der Waals surface area (Å²) in [5.74, 6) is 0. The van der Waals surface area contributed by atoms with Gasteiger partial charge in [-0.25, -0.2) is 0 Å². The van der Waals surface area contributed by atoms with Crippen LogP contribution in [0.5, 0.6) is 0 Å². The molecule has 0 fully saturated rings. The van der Waals surface area contributed by atoms with Gasteiger partial charge in [-0.05, 0) is 52.8 Å². The van der Waals surface area contributed by atoms with E-state index in [0.717, 1.165) is 11.3 Å². The Balaban J connectivity index is 3.09. The van der Waals surface area contributed by atoms with Crippen LogP contribution in [0.2, 0.25) is 0 Å². The van der Waals surface area contributed by atoms with E-state index in [2.05, 4.69) is 54.3 Å². The Kier molecular flexibility index (Phi) is 3.04. The predicted molar refractivity (Wildman–Crippen MR) is 55.8 cm³/mol. The SMILES string of the molecule is CCc1cc(I)ccc1S. The highest BCUT2D eigenvalue weighted by Gasteiger charge is 1.95. The summed E-state index contributed by atoms with van der Waals surface area (Å²) in [6.45, 7) is 2.14. The van der Waals surface area contributed by atoms with Crippen LogP contribution in [0.1, 0.15) is 12.5 Å². The van der Waals surface area contributed by atoms with Crippen molar-refractivity contribution in [3.63, 3.8) is 0 Å². The molecule has 0 saturated carbocycles. The second kappa shape index (κ2) is 3.62. The third-order valence-corrected chi connectivity index (χ3v) is 2.53. The first-order chi connectivity index (χ1) is 4.74. The quantitative estimate of drug-likeness (QED) is 0.584. The third-order valence-electron chi connectivity index (χ3n) is 1.42. The fourth-order valence-corrected chi connectivity index (χ4v) is 1.69. The molecule has 0 spiro atoms. The minimum Gasteiger partial charge on any atom is -0.143 e. The summed E-state index contributed by atoms with van der Waals surface area (Å²) in [6.07, 6.45) is 1.07. The molecule has 54 valence electrons. The molecule has 0 nitrogen and oxygen atoms in total. The molecule has 0 amide bonds. The first-order valence-corrected chi connectivity index (χ1v) is 4.74. The Bertz CT molecular complexity index is 233. The smallest absolute Gasteiger partial charge is 0.0133 e. The molecule has 0 radical (unpaired) electrons. The normalized spacial score (nSPS) is 9.90. The zero-order chi connectivity index (χ0) is 7.56. The molecule has 1 aromatic rings. The lowest BCUT2D eigenvalue weighted by Crippen LogP contribution is -1.83. The van der Waals surface area contributed by atoms with Crippen molar-refractivity contribution in [2.75, 3.05) is 0 Å². The summed E-state index contributed by atoms with van der Waals surface area (Å²) >= 11 is 6.63. The minimum absolute atomic E-state index is 1.07. The van der Waals surface area contributed by atoms with Crippen molar-refractivity contribution in [3.8, 4) is 0 Å². The summed E-state index contributed by atoms with van der Waals surface area (Å²) in [6, 6.07) is 6.29. The van der Waals surface area contributed by atoms with Crippen LogP contribution in [0, 0.1) is 3.57 Å². The van der Waals surface area contributed by atoms with Crippen molar-refractivity contribution in [3.05, 3.63) is 27.3 Å². The largest absolute Gasteiger partial charge is 0.143 e. The summed E-state index contributed by atoms with van der Waals surface area (Å²) in [5, 5.41) is 0. The molecule has 0 aromatic heterocycles.